The fourth-order valence-corrected chi connectivity index (χ4v) is 4.36. The summed E-state index contributed by atoms with van der Waals surface area (Å²) in [4.78, 5) is 10.5. The standard InChI is InChI=1S/C13H19NO6S2/c1-3-8-14(10-13(15)16)22(19,20)12-7-5-6-11(9-12)21(17,18)4-2/h5-7,9H,3-4,8,10H2,1-2H3,(H,15,16). The van der Waals surface area contributed by atoms with E-state index in [1.165, 1.54) is 25.1 Å². The minimum absolute atomic E-state index is 0.0411. The number of carbonyl (C=O) groups is 1. The summed E-state index contributed by atoms with van der Waals surface area (Å²) in [7, 11) is -7.60. The van der Waals surface area contributed by atoms with Crippen LogP contribution in [0.25, 0.3) is 0 Å². The molecule has 0 unspecified atom stereocenters. The molecule has 0 aliphatic carbocycles. The fraction of sp³-hybridized carbons (Fsp3) is 0.462. The molecule has 0 aliphatic heterocycles. The van der Waals surface area contributed by atoms with E-state index in [4.69, 9.17) is 5.11 Å². The Bertz CT molecular complexity index is 740. The van der Waals surface area contributed by atoms with Crippen LogP contribution in [0.5, 0.6) is 0 Å². The second-order valence-corrected chi connectivity index (χ2v) is 8.83. The molecule has 1 aromatic rings. The highest BCUT2D eigenvalue weighted by atomic mass is 32.2. The number of nitrogens with zero attached hydrogens (tertiary/aromatic N) is 1. The first-order valence-electron chi connectivity index (χ1n) is 6.70. The first-order valence-corrected chi connectivity index (χ1v) is 9.79. The zero-order chi connectivity index (χ0) is 17.0. The highest BCUT2D eigenvalue weighted by molar-refractivity contribution is 7.91. The van der Waals surface area contributed by atoms with Crippen molar-refractivity contribution < 1.29 is 26.7 Å². The Labute approximate surface area is 130 Å². The zero-order valence-electron chi connectivity index (χ0n) is 12.4. The Morgan fingerprint density at radius 2 is 1.73 bits per heavy atom. The molecule has 0 spiro atoms. The number of sulfonamides is 1. The van der Waals surface area contributed by atoms with Gasteiger partial charge >= 0.3 is 5.97 Å². The van der Waals surface area contributed by atoms with Crippen molar-refractivity contribution in [1.82, 2.24) is 4.31 Å². The maximum absolute atomic E-state index is 12.5. The Balaban J connectivity index is 3.32. The smallest absolute Gasteiger partial charge is 0.318 e. The summed E-state index contributed by atoms with van der Waals surface area (Å²) in [6, 6.07) is 4.98. The van der Waals surface area contributed by atoms with E-state index in [0.29, 0.717) is 6.42 Å². The maximum atomic E-state index is 12.5. The zero-order valence-corrected chi connectivity index (χ0v) is 14.0. The molecule has 1 N–H and O–H groups in total. The maximum Gasteiger partial charge on any atom is 0.318 e. The van der Waals surface area contributed by atoms with Crippen molar-refractivity contribution in [1.29, 1.82) is 0 Å². The molecular weight excluding hydrogens is 330 g/mol. The third-order valence-corrected chi connectivity index (χ3v) is 6.54. The summed E-state index contributed by atoms with van der Waals surface area (Å²) < 4.78 is 49.5. The SMILES string of the molecule is CCCN(CC(=O)O)S(=O)(=O)c1cccc(S(=O)(=O)CC)c1. The number of rotatable bonds is 8. The predicted octanol–water partition coefficient (Wildman–Crippen LogP) is 0.965. The van der Waals surface area contributed by atoms with Gasteiger partial charge in [0, 0.05) is 6.54 Å². The Morgan fingerprint density at radius 3 is 2.23 bits per heavy atom. The van der Waals surface area contributed by atoms with Gasteiger partial charge in [-0.05, 0) is 24.6 Å². The van der Waals surface area contributed by atoms with Crippen LogP contribution in [0, 0.1) is 0 Å². The molecule has 9 heteroatoms. The lowest BCUT2D eigenvalue weighted by Gasteiger charge is -2.20. The van der Waals surface area contributed by atoms with Crippen LogP contribution in [0.3, 0.4) is 0 Å². The van der Waals surface area contributed by atoms with Gasteiger partial charge in [-0.2, -0.15) is 4.31 Å². The quantitative estimate of drug-likeness (QED) is 0.749. The van der Waals surface area contributed by atoms with E-state index in [9.17, 15) is 21.6 Å². The molecule has 0 amide bonds. The summed E-state index contributed by atoms with van der Waals surface area (Å²) in [6.45, 7) is 2.56. The molecule has 7 nitrogen and oxygen atoms in total. The molecule has 1 aromatic carbocycles. The summed E-state index contributed by atoms with van der Waals surface area (Å²) in [5.41, 5.74) is 0. The number of carboxylic acids is 1. The molecule has 0 saturated heterocycles. The van der Waals surface area contributed by atoms with Gasteiger partial charge in [0.15, 0.2) is 9.84 Å². The van der Waals surface area contributed by atoms with Gasteiger partial charge in [-0.25, -0.2) is 16.8 Å². The lowest BCUT2D eigenvalue weighted by molar-refractivity contribution is -0.137. The van der Waals surface area contributed by atoms with E-state index in [1.54, 1.807) is 6.92 Å². The van der Waals surface area contributed by atoms with Crippen molar-refractivity contribution in [2.24, 2.45) is 0 Å². The Kier molecular flexibility index (Phi) is 6.09. The number of aliphatic carboxylic acids is 1. The van der Waals surface area contributed by atoms with Gasteiger partial charge in [0.2, 0.25) is 10.0 Å². The molecule has 0 saturated carbocycles. The van der Waals surface area contributed by atoms with Crippen LogP contribution < -0.4 is 0 Å². The van der Waals surface area contributed by atoms with Crippen LogP contribution in [0.4, 0.5) is 0 Å². The van der Waals surface area contributed by atoms with E-state index >= 15 is 0 Å². The topological polar surface area (TPSA) is 109 Å². The average Bonchev–Trinajstić information content (AvgIpc) is 2.46. The lowest BCUT2D eigenvalue weighted by Crippen LogP contribution is -2.36. The Hall–Kier alpha value is -1.45. The van der Waals surface area contributed by atoms with E-state index < -0.39 is 32.4 Å². The van der Waals surface area contributed by atoms with Gasteiger partial charge in [-0.3, -0.25) is 4.79 Å². The molecule has 0 atom stereocenters. The van der Waals surface area contributed by atoms with Crippen LogP contribution >= 0.6 is 0 Å². The second-order valence-electron chi connectivity index (χ2n) is 4.61. The van der Waals surface area contributed by atoms with Crippen LogP contribution in [0.15, 0.2) is 34.1 Å². The molecular formula is C13H19NO6S2. The van der Waals surface area contributed by atoms with E-state index in [0.717, 1.165) is 10.4 Å². The van der Waals surface area contributed by atoms with Crippen molar-refractivity contribution in [2.75, 3.05) is 18.8 Å². The first-order chi connectivity index (χ1) is 10.1. The van der Waals surface area contributed by atoms with Gasteiger partial charge < -0.3 is 5.11 Å². The fourth-order valence-electron chi connectivity index (χ4n) is 1.83. The van der Waals surface area contributed by atoms with E-state index in [-0.39, 0.29) is 22.1 Å². The predicted molar refractivity (Wildman–Crippen MR) is 80.9 cm³/mol. The summed E-state index contributed by atoms with van der Waals surface area (Å²) in [6.07, 6.45) is 0.444. The highest BCUT2D eigenvalue weighted by Gasteiger charge is 2.27. The van der Waals surface area contributed by atoms with Gasteiger partial charge in [0.05, 0.1) is 15.5 Å². The molecule has 1 rings (SSSR count). The minimum atomic E-state index is -4.06. The summed E-state index contributed by atoms with van der Waals surface area (Å²) in [5.74, 6) is -1.42. The number of benzene rings is 1. The second kappa shape index (κ2) is 7.21. The molecule has 0 aromatic heterocycles. The molecule has 0 bridgehead atoms. The van der Waals surface area contributed by atoms with Crippen LogP contribution in [-0.4, -0.2) is 51.1 Å². The van der Waals surface area contributed by atoms with E-state index in [1.807, 2.05) is 0 Å². The summed E-state index contributed by atoms with van der Waals surface area (Å²) >= 11 is 0. The van der Waals surface area contributed by atoms with Crippen molar-refractivity contribution in [2.45, 2.75) is 30.1 Å². The molecule has 22 heavy (non-hydrogen) atoms. The normalized spacial score (nSPS) is 12.5. The summed E-state index contributed by atoms with van der Waals surface area (Å²) in [5, 5.41) is 8.84. The number of hydrogen-bond acceptors (Lipinski definition) is 5. The van der Waals surface area contributed by atoms with E-state index in [2.05, 4.69) is 0 Å². The highest BCUT2D eigenvalue weighted by Crippen LogP contribution is 2.20. The van der Waals surface area contributed by atoms with Crippen molar-refractivity contribution >= 4 is 25.8 Å². The monoisotopic (exact) mass is 349 g/mol. The molecule has 0 heterocycles. The largest absolute Gasteiger partial charge is 0.480 e. The van der Waals surface area contributed by atoms with Gasteiger partial charge in [0.1, 0.15) is 6.54 Å². The van der Waals surface area contributed by atoms with Crippen molar-refractivity contribution in [3.63, 3.8) is 0 Å². The van der Waals surface area contributed by atoms with Gasteiger partial charge in [0.25, 0.3) is 0 Å². The lowest BCUT2D eigenvalue weighted by atomic mass is 10.4. The number of sulfone groups is 1. The minimum Gasteiger partial charge on any atom is -0.480 e. The van der Waals surface area contributed by atoms with Gasteiger partial charge in [-0.1, -0.05) is 19.9 Å². The van der Waals surface area contributed by atoms with Crippen LogP contribution in [0.2, 0.25) is 0 Å². The molecule has 0 aliphatic rings. The number of hydrogen-bond donors (Lipinski definition) is 1. The average molecular weight is 349 g/mol. The molecule has 0 fully saturated rings. The molecule has 124 valence electrons. The number of carboxylic acid groups (broad SMARTS) is 1. The first kappa shape index (κ1) is 18.6. The third-order valence-electron chi connectivity index (χ3n) is 2.97. The third kappa shape index (κ3) is 4.28. The van der Waals surface area contributed by atoms with Crippen LogP contribution in [-0.2, 0) is 24.7 Å². The van der Waals surface area contributed by atoms with Crippen molar-refractivity contribution in [3.05, 3.63) is 24.3 Å². The van der Waals surface area contributed by atoms with Gasteiger partial charge in [-0.15, -0.1) is 0 Å². The van der Waals surface area contributed by atoms with Crippen LogP contribution in [0.1, 0.15) is 20.3 Å². The molecule has 0 radical (unpaired) electrons. The Morgan fingerprint density at radius 1 is 1.14 bits per heavy atom. The van der Waals surface area contributed by atoms with Crippen molar-refractivity contribution in [3.8, 4) is 0 Å².